The van der Waals surface area contributed by atoms with Crippen molar-refractivity contribution >= 4 is 5.97 Å². The maximum Gasteiger partial charge on any atom is 0.354 e. The van der Waals surface area contributed by atoms with Crippen molar-refractivity contribution in [1.82, 2.24) is 14.8 Å². The zero-order valence-electron chi connectivity index (χ0n) is 12.5. The number of carboxylic acid groups (broad SMARTS) is 1. The first-order valence-corrected chi connectivity index (χ1v) is 7.81. The third-order valence-electron chi connectivity index (χ3n) is 4.71. The highest BCUT2D eigenvalue weighted by molar-refractivity contribution is 5.85. The minimum Gasteiger partial charge on any atom is -0.477 e. The van der Waals surface area contributed by atoms with Gasteiger partial charge in [0, 0.05) is 31.7 Å². The van der Waals surface area contributed by atoms with Crippen molar-refractivity contribution in [3.63, 3.8) is 0 Å². The van der Waals surface area contributed by atoms with E-state index in [-0.39, 0.29) is 5.69 Å². The molecule has 5 heteroatoms. The van der Waals surface area contributed by atoms with Gasteiger partial charge in [-0.25, -0.2) is 9.78 Å². The van der Waals surface area contributed by atoms with Crippen LogP contribution in [0.2, 0.25) is 0 Å². The van der Waals surface area contributed by atoms with Crippen LogP contribution in [0.15, 0.2) is 18.2 Å². The fourth-order valence-electron chi connectivity index (χ4n) is 3.53. The van der Waals surface area contributed by atoms with E-state index >= 15 is 0 Å². The highest BCUT2D eigenvalue weighted by Crippen LogP contribution is 2.24. The molecule has 5 nitrogen and oxygen atoms in total. The fourth-order valence-corrected chi connectivity index (χ4v) is 3.53. The molecule has 0 aliphatic carbocycles. The van der Waals surface area contributed by atoms with Crippen LogP contribution in [0.25, 0.3) is 0 Å². The molecule has 2 atom stereocenters. The van der Waals surface area contributed by atoms with Crippen LogP contribution in [0.3, 0.4) is 0 Å². The van der Waals surface area contributed by atoms with E-state index in [1.54, 1.807) is 12.1 Å². The smallest absolute Gasteiger partial charge is 0.354 e. The molecule has 2 saturated heterocycles. The van der Waals surface area contributed by atoms with Crippen molar-refractivity contribution in [2.75, 3.05) is 19.6 Å². The molecular formula is C16H23N3O2. The number of hydrogen-bond donors (Lipinski definition) is 1. The highest BCUT2D eigenvalue weighted by atomic mass is 16.4. The van der Waals surface area contributed by atoms with Gasteiger partial charge in [0.2, 0.25) is 0 Å². The fraction of sp³-hybridized carbons (Fsp3) is 0.625. The van der Waals surface area contributed by atoms with Gasteiger partial charge in [-0.15, -0.1) is 0 Å². The molecule has 2 aliphatic heterocycles. The van der Waals surface area contributed by atoms with Gasteiger partial charge in [-0.1, -0.05) is 12.5 Å². The second-order valence-electron chi connectivity index (χ2n) is 6.24. The van der Waals surface area contributed by atoms with Crippen molar-refractivity contribution in [2.24, 2.45) is 0 Å². The van der Waals surface area contributed by atoms with Gasteiger partial charge in [-0.3, -0.25) is 9.80 Å². The zero-order valence-corrected chi connectivity index (χ0v) is 12.5. The summed E-state index contributed by atoms with van der Waals surface area (Å²) in [6.45, 7) is 6.41. The minimum absolute atomic E-state index is 0.136. The van der Waals surface area contributed by atoms with Crippen molar-refractivity contribution in [3.05, 3.63) is 29.6 Å². The zero-order chi connectivity index (χ0) is 14.8. The van der Waals surface area contributed by atoms with Crippen LogP contribution in [0.5, 0.6) is 0 Å². The Hall–Kier alpha value is -1.46. The standard InChI is InChI=1S/C16H23N3O2/c1-12-9-18-8-3-2-6-14(18)11-19(12)10-13-5-4-7-15(17-13)16(20)21/h4-5,7,12,14H,2-3,6,8-11H2,1H3,(H,20,21). The third-order valence-corrected chi connectivity index (χ3v) is 4.71. The van der Waals surface area contributed by atoms with Gasteiger partial charge in [-0.2, -0.15) is 0 Å². The molecule has 0 aromatic carbocycles. The SMILES string of the molecule is CC1CN2CCCCC2CN1Cc1cccc(C(=O)O)n1. The molecule has 0 bridgehead atoms. The maximum atomic E-state index is 11.0. The van der Waals surface area contributed by atoms with Gasteiger partial charge in [0.15, 0.2) is 0 Å². The summed E-state index contributed by atoms with van der Waals surface area (Å²) in [5.41, 5.74) is 0.988. The van der Waals surface area contributed by atoms with Crippen LogP contribution in [0.1, 0.15) is 42.4 Å². The largest absolute Gasteiger partial charge is 0.477 e. The van der Waals surface area contributed by atoms with Crippen molar-refractivity contribution in [2.45, 2.75) is 44.8 Å². The van der Waals surface area contributed by atoms with E-state index < -0.39 is 5.97 Å². The molecule has 1 aromatic heterocycles. The molecule has 0 amide bonds. The molecule has 1 N–H and O–H groups in total. The molecule has 3 rings (SSSR count). The predicted molar refractivity (Wildman–Crippen MR) is 80.3 cm³/mol. The van der Waals surface area contributed by atoms with Crippen molar-refractivity contribution in [3.8, 4) is 0 Å². The van der Waals surface area contributed by atoms with Gasteiger partial charge < -0.3 is 5.11 Å². The Labute approximate surface area is 125 Å². The second kappa shape index (κ2) is 6.12. The number of hydrogen-bond acceptors (Lipinski definition) is 4. The van der Waals surface area contributed by atoms with Crippen LogP contribution in [0, 0.1) is 0 Å². The average molecular weight is 289 g/mol. The van der Waals surface area contributed by atoms with Crippen LogP contribution in [-0.2, 0) is 6.54 Å². The number of carboxylic acids is 1. The number of piperazine rings is 1. The number of aromatic carboxylic acids is 1. The lowest BCUT2D eigenvalue weighted by molar-refractivity contribution is 0.0104. The first kappa shape index (κ1) is 14.5. The molecule has 3 heterocycles. The van der Waals surface area contributed by atoms with E-state index in [4.69, 9.17) is 5.11 Å². The molecule has 2 aliphatic rings. The minimum atomic E-state index is -0.956. The van der Waals surface area contributed by atoms with Gasteiger partial charge in [0.1, 0.15) is 5.69 Å². The molecule has 0 saturated carbocycles. The Balaban J connectivity index is 1.69. The van der Waals surface area contributed by atoms with E-state index in [0.29, 0.717) is 12.1 Å². The van der Waals surface area contributed by atoms with E-state index in [9.17, 15) is 4.79 Å². The number of aromatic nitrogens is 1. The normalized spacial score (nSPS) is 27.3. The Bertz CT molecular complexity index is 520. The topological polar surface area (TPSA) is 56.7 Å². The molecule has 1 aromatic rings. The maximum absolute atomic E-state index is 11.0. The number of carbonyl (C=O) groups is 1. The van der Waals surface area contributed by atoms with Crippen LogP contribution in [-0.4, -0.2) is 57.6 Å². The Morgan fingerprint density at radius 3 is 3.05 bits per heavy atom. The van der Waals surface area contributed by atoms with Crippen LogP contribution in [0.4, 0.5) is 0 Å². The average Bonchev–Trinajstić information content (AvgIpc) is 2.48. The monoisotopic (exact) mass is 289 g/mol. The second-order valence-corrected chi connectivity index (χ2v) is 6.24. The molecule has 0 radical (unpaired) electrons. The van der Waals surface area contributed by atoms with Crippen LogP contribution >= 0.6 is 0 Å². The summed E-state index contributed by atoms with van der Waals surface area (Å²) >= 11 is 0. The van der Waals surface area contributed by atoms with E-state index in [2.05, 4.69) is 21.7 Å². The Kier molecular flexibility index (Phi) is 4.22. The molecule has 2 fully saturated rings. The van der Waals surface area contributed by atoms with Crippen LogP contribution < -0.4 is 0 Å². The molecule has 2 unspecified atom stereocenters. The van der Waals surface area contributed by atoms with Gasteiger partial charge in [-0.05, 0) is 38.4 Å². The molecule has 114 valence electrons. The lowest BCUT2D eigenvalue weighted by Crippen LogP contribution is -2.58. The van der Waals surface area contributed by atoms with E-state index in [1.807, 2.05) is 6.07 Å². The van der Waals surface area contributed by atoms with E-state index in [0.717, 1.165) is 25.3 Å². The summed E-state index contributed by atoms with van der Waals surface area (Å²) in [5.74, 6) is -0.956. The lowest BCUT2D eigenvalue weighted by atomic mass is 9.97. The summed E-state index contributed by atoms with van der Waals surface area (Å²) in [6, 6.07) is 6.42. The summed E-state index contributed by atoms with van der Waals surface area (Å²) in [4.78, 5) is 20.3. The summed E-state index contributed by atoms with van der Waals surface area (Å²) in [5, 5.41) is 9.04. The van der Waals surface area contributed by atoms with E-state index in [1.165, 1.54) is 25.8 Å². The molecule has 0 spiro atoms. The number of nitrogens with zero attached hydrogens (tertiary/aromatic N) is 3. The van der Waals surface area contributed by atoms with Gasteiger partial charge in [0.05, 0.1) is 5.69 Å². The number of piperidine rings is 1. The summed E-state index contributed by atoms with van der Waals surface area (Å²) in [7, 11) is 0. The Morgan fingerprint density at radius 2 is 2.24 bits per heavy atom. The van der Waals surface area contributed by atoms with Gasteiger partial charge >= 0.3 is 5.97 Å². The number of rotatable bonds is 3. The van der Waals surface area contributed by atoms with Gasteiger partial charge in [0.25, 0.3) is 0 Å². The van der Waals surface area contributed by atoms with Crippen molar-refractivity contribution in [1.29, 1.82) is 0 Å². The Morgan fingerprint density at radius 1 is 1.38 bits per heavy atom. The van der Waals surface area contributed by atoms with Crippen molar-refractivity contribution < 1.29 is 9.90 Å². The summed E-state index contributed by atoms with van der Waals surface area (Å²) < 4.78 is 0. The third kappa shape index (κ3) is 3.24. The number of fused-ring (bicyclic) bond motifs is 1. The lowest BCUT2D eigenvalue weighted by Gasteiger charge is -2.47. The highest BCUT2D eigenvalue weighted by Gasteiger charge is 2.32. The predicted octanol–water partition coefficient (Wildman–Crippen LogP) is 1.84. The molecular weight excluding hydrogens is 266 g/mol. The quantitative estimate of drug-likeness (QED) is 0.920. The number of pyridine rings is 1. The first-order chi connectivity index (χ1) is 10.1. The summed E-state index contributed by atoms with van der Waals surface area (Å²) in [6.07, 6.45) is 3.94. The first-order valence-electron chi connectivity index (χ1n) is 7.81. The molecule has 21 heavy (non-hydrogen) atoms.